The summed E-state index contributed by atoms with van der Waals surface area (Å²) in [6.45, 7) is 5.54. The van der Waals surface area contributed by atoms with Crippen molar-refractivity contribution in [1.29, 1.82) is 0 Å². The molecule has 1 unspecified atom stereocenters. The number of pyridine rings is 1. The van der Waals surface area contributed by atoms with Gasteiger partial charge in [0.05, 0.1) is 16.8 Å². The van der Waals surface area contributed by atoms with E-state index in [0.29, 0.717) is 34.5 Å². The van der Waals surface area contributed by atoms with Gasteiger partial charge in [-0.3, -0.25) is 9.78 Å². The number of nitrogens with one attached hydrogen (secondary N) is 3. The fraction of sp³-hybridized carbons (Fsp3) is 0.290. The van der Waals surface area contributed by atoms with Crippen LogP contribution in [0.3, 0.4) is 0 Å². The van der Waals surface area contributed by atoms with E-state index in [1.54, 1.807) is 48.9 Å². The molecule has 0 bridgehead atoms. The number of piperidine rings is 1. The Balaban J connectivity index is 1.36. The van der Waals surface area contributed by atoms with E-state index in [-0.39, 0.29) is 5.92 Å². The largest absolute Gasteiger partial charge is 0.417 e. The van der Waals surface area contributed by atoms with Gasteiger partial charge in [0.25, 0.3) is 5.91 Å². The van der Waals surface area contributed by atoms with Crippen molar-refractivity contribution in [2.24, 2.45) is 5.92 Å². The molecule has 2 aromatic carbocycles. The average molecular weight is 561 g/mol. The van der Waals surface area contributed by atoms with Crippen molar-refractivity contribution >= 4 is 23.2 Å². The lowest BCUT2D eigenvalue weighted by Crippen LogP contribution is -2.30. The summed E-state index contributed by atoms with van der Waals surface area (Å²) in [4.78, 5) is 26.0. The van der Waals surface area contributed by atoms with Gasteiger partial charge in [-0.25, -0.2) is 9.97 Å². The summed E-state index contributed by atoms with van der Waals surface area (Å²) in [5, 5.41) is 9.07. The lowest BCUT2D eigenvalue weighted by Gasteiger charge is -2.29. The Kier molecular flexibility index (Phi) is 8.30. The van der Waals surface area contributed by atoms with E-state index in [1.165, 1.54) is 6.07 Å². The van der Waals surface area contributed by atoms with Crippen LogP contribution in [-0.2, 0) is 6.18 Å². The number of halogens is 3. The zero-order valence-corrected chi connectivity index (χ0v) is 22.8. The number of carbonyl (C=O) groups is 1. The number of nitrogens with zero attached hydrogens (tertiary/aromatic N) is 3. The number of aromatic nitrogens is 3. The molecule has 41 heavy (non-hydrogen) atoms. The van der Waals surface area contributed by atoms with E-state index in [1.807, 2.05) is 26.0 Å². The predicted octanol–water partition coefficient (Wildman–Crippen LogP) is 6.96. The van der Waals surface area contributed by atoms with Gasteiger partial charge in [0, 0.05) is 35.5 Å². The Morgan fingerprint density at radius 3 is 2.49 bits per heavy atom. The van der Waals surface area contributed by atoms with Crippen molar-refractivity contribution in [2.75, 3.05) is 23.7 Å². The molecular weight excluding hydrogens is 529 g/mol. The van der Waals surface area contributed by atoms with Crippen LogP contribution in [0.2, 0.25) is 0 Å². The third-order valence-electron chi connectivity index (χ3n) is 7.58. The Labute approximate surface area is 236 Å². The fourth-order valence-electron chi connectivity index (χ4n) is 5.15. The normalized spacial score (nSPS) is 14.9. The molecule has 0 spiro atoms. The SMILES string of the molecule is Cc1ccc(NC(=O)c2ccc(C(C)C3CCNCC3)cc2C(F)(F)F)cc1Nc1nccc(-c2ccncc2)n1. The van der Waals surface area contributed by atoms with Crippen molar-refractivity contribution in [3.63, 3.8) is 0 Å². The molecule has 1 aliphatic heterocycles. The lowest BCUT2D eigenvalue weighted by molar-refractivity contribution is -0.138. The molecule has 7 nitrogen and oxygen atoms in total. The molecule has 1 aliphatic rings. The van der Waals surface area contributed by atoms with E-state index in [4.69, 9.17) is 0 Å². The summed E-state index contributed by atoms with van der Waals surface area (Å²) in [5.41, 5.74) is 2.61. The van der Waals surface area contributed by atoms with Crippen LogP contribution >= 0.6 is 0 Å². The summed E-state index contributed by atoms with van der Waals surface area (Å²) in [6.07, 6.45) is 2.12. The molecule has 4 aromatic rings. The van der Waals surface area contributed by atoms with Gasteiger partial charge in [-0.1, -0.05) is 19.1 Å². The molecule has 212 valence electrons. The van der Waals surface area contributed by atoms with Gasteiger partial charge in [0.2, 0.25) is 5.95 Å². The summed E-state index contributed by atoms with van der Waals surface area (Å²) >= 11 is 0. The second-order valence-corrected chi connectivity index (χ2v) is 10.3. The molecule has 0 aliphatic carbocycles. The van der Waals surface area contributed by atoms with Gasteiger partial charge in [-0.2, -0.15) is 13.2 Å². The highest BCUT2D eigenvalue weighted by molar-refractivity contribution is 6.05. The Hall–Kier alpha value is -4.31. The predicted molar refractivity (Wildman–Crippen MR) is 153 cm³/mol. The number of anilines is 3. The molecule has 0 radical (unpaired) electrons. The standard InChI is InChI=1S/C31H31F3N6O/c1-19-3-5-24(18-28(19)40-30-37-16-11-27(39-30)22-9-14-36-15-10-22)38-29(41)25-6-4-23(17-26(25)31(32,33)34)20(2)21-7-12-35-13-8-21/h3-6,9-11,14-18,20-21,35H,7-8,12-13H2,1-2H3,(H,38,41)(H,37,39,40). The zero-order valence-electron chi connectivity index (χ0n) is 22.8. The van der Waals surface area contributed by atoms with Gasteiger partial charge in [-0.15, -0.1) is 0 Å². The minimum Gasteiger partial charge on any atom is -0.324 e. The topological polar surface area (TPSA) is 91.8 Å². The number of amides is 1. The van der Waals surface area contributed by atoms with Crippen LogP contribution in [0.1, 0.15) is 52.7 Å². The molecule has 10 heteroatoms. The molecule has 3 N–H and O–H groups in total. The maximum Gasteiger partial charge on any atom is 0.417 e. The van der Waals surface area contributed by atoms with E-state index >= 15 is 0 Å². The van der Waals surface area contributed by atoms with Gasteiger partial charge < -0.3 is 16.0 Å². The smallest absolute Gasteiger partial charge is 0.324 e. The first-order chi connectivity index (χ1) is 19.7. The van der Waals surface area contributed by atoms with Crippen molar-refractivity contribution in [3.05, 3.63) is 95.4 Å². The van der Waals surface area contributed by atoms with Crippen LogP contribution in [-0.4, -0.2) is 33.9 Å². The first-order valence-corrected chi connectivity index (χ1v) is 13.5. The number of hydrogen-bond donors (Lipinski definition) is 3. The summed E-state index contributed by atoms with van der Waals surface area (Å²) in [5.74, 6) is -0.238. The molecule has 1 saturated heterocycles. The van der Waals surface area contributed by atoms with Gasteiger partial charge in [-0.05, 0) is 98.3 Å². The highest BCUT2D eigenvalue weighted by Gasteiger charge is 2.36. The molecular formula is C31H31F3N6O. The molecule has 1 amide bonds. The summed E-state index contributed by atoms with van der Waals surface area (Å²) in [6, 6.07) is 14.6. The molecule has 0 saturated carbocycles. The number of rotatable bonds is 7. The van der Waals surface area contributed by atoms with Crippen LogP contribution in [0.25, 0.3) is 11.3 Å². The van der Waals surface area contributed by atoms with Gasteiger partial charge in [0.15, 0.2) is 0 Å². The summed E-state index contributed by atoms with van der Waals surface area (Å²) in [7, 11) is 0. The van der Waals surface area contributed by atoms with Crippen LogP contribution in [0, 0.1) is 12.8 Å². The number of alkyl halides is 3. The first-order valence-electron chi connectivity index (χ1n) is 13.5. The minimum atomic E-state index is -4.67. The van der Waals surface area contributed by atoms with Crippen molar-refractivity contribution in [3.8, 4) is 11.3 Å². The van der Waals surface area contributed by atoms with E-state index in [0.717, 1.165) is 43.1 Å². The maximum absolute atomic E-state index is 14.1. The quantitative estimate of drug-likeness (QED) is 0.226. The zero-order chi connectivity index (χ0) is 29.0. The van der Waals surface area contributed by atoms with Crippen LogP contribution in [0.5, 0.6) is 0 Å². The highest BCUT2D eigenvalue weighted by Crippen LogP contribution is 2.37. The van der Waals surface area contributed by atoms with Gasteiger partial charge >= 0.3 is 6.18 Å². The maximum atomic E-state index is 14.1. The Morgan fingerprint density at radius 1 is 1.00 bits per heavy atom. The van der Waals surface area contributed by atoms with Crippen molar-refractivity contribution in [2.45, 2.75) is 38.8 Å². The summed E-state index contributed by atoms with van der Waals surface area (Å²) < 4.78 is 42.4. The van der Waals surface area contributed by atoms with Crippen LogP contribution in [0.4, 0.5) is 30.5 Å². The fourth-order valence-corrected chi connectivity index (χ4v) is 5.15. The third-order valence-corrected chi connectivity index (χ3v) is 7.58. The lowest BCUT2D eigenvalue weighted by atomic mass is 9.81. The highest BCUT2D eigenvalue weighted by atomic mass is 19.4. The number of hydrogen-bond acceptors (Lipinski definition) is 6. The Morgan fingerprint density at radius 2 is 1.76 bits per heavy atom. The second-order valence-electron chi connectivity index (χ2n) is 10.3. The number of benzene rings is 2. The van der Waals surface area contributed by atoms with E-state index in [2.05, 4.69) is 30.9 Å². The first kappa shape index (κ1) is 28.2. The van der Waals surface area contributed by atoms with Gasteiger partial charge in [0.1, 0.15) is 0 Å². The van der Waals surface area contributed by atoms with E-state index < -0.39 is 23.2 Å². The Bertz CT molecular complexity index is 1520. The second kappa shape index (κ2) is 12.1. The monoisotopic (exact) mass is 560 g/mol. The minimum absolute atomic E-state index is 0.0414. The molecule has 3 heterocycles. The van der Waals surface area contributed by atoms with Crippen LogP contribution < -0.4 is 16.0 Å². The third kappa shape index (κ3) is 6.71. The number of aryl methyl sites for hydroxylation is 1. The molecule has 1 fully saturated rings. The number of carbonyl (C=O) groups excluding carboxylic acids is 1. The van der Waals surface area contributed by atoms with Crippen molar-refractivity contribution < 1.29 is 18.0 Å². The average Bonchev–Trinajstić information content (AvgIpc) is 2.99. The molecule has 1 atom stereocenters. The molecule has 2 aromatic heterocycles. The van der Waals surface area contributed by atoms with Crippen molar-refractivity contribution in [1.82, 2.24) is 20.3 Å². The van der Waals surface area contributed by atoms with E-state index in [9.17, 15) is 18.0 Å². The van der Waals surface area contributed by atoms with Crippen LogP contribution in [0.15, 0.2) is 73.2 Å². The molecule has 5 rings (SSSR count).